The minimum absolute atomic E-state index is 0. The minimum atomic E-state index is -3.21. The lowest BCUT2D eigenvalue weighted by Gasteiger charge is -2.19. The molecule has 0 aliphatic carbocycles. The number of hydrogen-bond acceptors (Lipinski definition) is 3. The summed E-state index contributed by atoms with van der Waals surface area (Å²) < 4.78 is 36.9. The molecule has 2 rings (SSSR count). The van der Waals surface area contributed by atoms with Crippen LogP contribution >= 0.6 is 24.0 Å². The number of halogens is 2. The van der Waals surface area contributed by atoms with Crippen molar-refractivity contribution in [1.82, 2.24) is 10.6 Å². The van der Waals surface area contributed by atoms with E-state index in [2.05, 4.69) is 60.7 Å². The minimum Gasteiger partial charge on any atom is -0.356 e. The topological polar surface area (TPSA) is 70.6 Å². The van der Waals surface area contributed by atoms with E-state index in [9.17, 15) is 12.8 Å². The van der Waals surface area contributed by atoms with Crippen LogP contribution in [0.4, 0.5) is 4.39 Å². The van der Waals surface area contributed by atoms with Crippen molar-refractivity contribution in [1.29, 1.82) is 0 Å². The number of hydrogen-bond donors (Lipinski definition) is 2. The average molecular weight is 562 g/mol. The Morgan fingerprint density at radius 1 is 1.03 bits per heavy atom. The Bertz CT molecular complexity index is 985. The fourth-order valence-electron chi connectivity index (χ4n) is 3.08. The zero-order valence-electron chi connectivity index (χ0n) is 18.8. The Kier molecular flexibility index (Phi) is 10.4. The van der Waals surface area contributed by atoms with Gasteiger partial charge < -0.3 is 10.6 Å². The summed E-state index contributed by atoms with van der Waals surface area (Å²) in [7, 11) is -1.55. The van der Waals surface area contributed by atoms with Crippen LogP contribution in [-0.2, 0) is 34.0 Å². The predicted molar refractivity (Wildman–Crippen MR) is 137 cm³/mol. The largest absolute Gasteiger partial charge is 0.356 e. The van der Waals surface area contributed by atoms with Crippen molar-refractivity contribution < 1.29 is 12.8 Å². The molecule has 0 aromatic heterocycles. The van der Waals surface area contributed by atoms with Crippen molar-refractivity contribution in [3.05, 3.63) is 70.5 Å². The van der Waals surface area contributed by atoms with E-state index in [-0.39, 0.29) is 41.7 Å². The van der Waals surface area contributed by atoms with Crippen molar-refractivity contribution in [2.45, 2.75) is 44.9 Å². The second-order valence-electron chi connectivity index (χ2n) is 8.53. The van der Waals surface area contributed by atoms with E-state index in [0.29, 0.717) is 23.6 Å². The van der Waals surface area contributed by atoms with E-state index in [1.165, 1.54) is 35.6 Å². The third-order valence-corrected chi connectivity index (χ3v) is 5.62. The van der Waals surface area contributed by atoms with E-state index in [0.717, 1.165) is 6.42 Å². The van der Waals surface area contributed by atoms with Crippen LogP contribution in [-0.4, -0.2) is 34.2 Å². The molecule has 2 aromatic rings. The van der Waals surface area contributed by atoms with Crippen LogP contribution in [0.5, 0.6) is 0 Å². The van der Waals surface area contributed by atoms with Gasteiger partial charge in [-0.2, -0.15) is 0 Å². The first kappa shape index (κ1) is 27.4. The smallest absolute Gasteiger partial charge is 0.191 e. The van der Waals surface area contributed by atoms with Crippen LogP contribution in [0, 0.1) is 5.82 Å². The van der Waals surface area contributed by atoms with Gasteiger partial charge in [-0.3, -0.25) is 4.99 Å². The van der Waals surface area contributed by atoms with Gasteiger partial charge in [0.25, 0.3) is 0 Å². The molecule has 0 spiro atoms. The highest BCUT2D eigenvalue weighted by molar-refractivity contribution is 14.0. The second kappa shape index (κ2) is 11.8. The number of nitrogens with zero attached hydrogens (tertiary/aromatic N) is 1. The third kappa shape index (κ3) is 9.55. The van der Waals surface area contributed by atoms with Crippen molar-refractivity contribution >= 4 is 39.8 Å². The second-order valence-corrected chi connectivity index (χ2v) is 10.7. The van der Waals surface area contributed by atoms with E-state index in [1.807, 2.05) is 0 Å². The van der Waals surface area contributed by atoms with Crippen molar-refractivity contribution in [3.63, 3.8) is 0 Å². The van der Waals surface area contributed by atoms with Gasteiger partial charge in [-0.1, -0.05) is 51.1 Å². The maximum atomic E-state index is 13.7. The molecule has 172 valence electrons. The average Bonchev–Trinajstić information content (AvgIpc) is 2.65. The maximum absolute atomic E-state index is 13.7. The van der Waals surface area contributed by atoms with E-state index >= 15 is 0 Å². The zero-order valence-corrected chi connectivity index (χ0v) is 22.0. The Hall–Kier alpha value is -1.68. The monoisotopic (exact) mass is 561 g/mol. The molecule has 0 saturated carbocycles. The summed E-state index contributed by atoms with van der Waals surface area (Å²) in [5.41, 5.74) is 3.85. The van der Waals surface area contributed by atoms with Gasteiger partial charge in [0.1, 0.15) is 5.82 Å². The lowest BCUT2D eigenvalue weighted by Crippen LogP contribution is -2.38. The molecule has 0 unspecified atom stereocenters. The Morgan fingerprint density at radius 2 is 1.68 bits per heavy atom. The fraction of sp³-hybridized carbons (Fsp3) is 0.435. The molecule has 0 amide bonds. The highest BCUT2D eigenvalue weighted by Crippen LogP contribution is 2.22. The first-order valence-electron chi connectivity index (χ1n) is 9.97. The van der Waals surface area contributed by atoms with Crippen molar-refractivity contribution in [3.8, 4) is 0 Å². The van der Waals surface area contributed by atoms with Gasteiger partial charge in [0.15, 0.2) is 15.8 Å². The standard InChI is InChI=1S/C23H32FN3O2S.HI/c1-23(2,3)20-9-6-17(7-10-20)12-13-26-22(25-4)27-15-19-14-21(24)11-8-18(19)16-30(5,28)29;/h6-11,14H,12-13,15-16H2,1-5H3,(H2,25,26,27);1H. The maximum Gasteiger partial charge on any atom is 0.191 e. The normalized spacial score (nSPS) is 12.3. The summed E-state index contributed by atoms with van der Waals surface area (Å²) >= 11 is 0. The van der Waals surface area contributed by atoms with Crippen LogP contribution in [0.3, 0.4) is 0 Å². The van der Waals surface area contributed by atoms with E-state index in [4.69, 9.17) is 0 Å². The molecule has 0 aliphatic rings. The molecule has 0 saturated heterocycles. The van der Waals surface area contributed by atoms with Crippen LogP contribution in [0.2, 0.25) is 0 Å². The lowest BCUT2D eigenvalue weighted by atomic mass is 9.86. The molecule has 2 N–H and O–H groups in total. The molecule has 0 radical (unpaired) electrons. The summed E-state index contributed by atoms with van der Waals surface area (Å²) in [6.07, 6.45) is 2.01. The first-order chi connectivity index (χ1) is 14.0. The van der Waals surface area contributed by atoms with Crippen LogP contribution in [0.25, 0.3) is 0 Å². The molecule has 8 heteroatoms. The van der Waals surface area contributed by atoms with Crippen molar-refractivity contribution in [2.24, 2.45) is 4.99 Å². The van der Waals surface area contributed by atoms with Crippen molar-refractivity contribution in [2.75, 3.05) is 19.8 Å². The predicted octanol–water partition coefficient (Wildman–Crippen LogP) is 4.19. The highest BCUT2D eigenvalue weighted by atomic mass is 127. The molecule has 2 aromatic carbocycles. The Morgan fingerprint density at radius 3 is 2.23 bits per heavy atom. The Labute approximate surface area is 202 Å². The summed E-state index contributed by atoms with van der Waals surface area (Å²) in [6, 6.07) is 12.8. The molecule has 0 atom stereocenters. The summed E-state index contributed by atoms with van der Waals surface area (Å²) in [4.78, 5) is 4.19. The quantitative estimate of drug-likeness (QED) is 0.302. The molecular formula is C23H33FIN3O2S. The SMILES string of the molecule is CN=C(NCCc1ccc(C(C)(C)C)cc1)NCc1cc(F)ccc1CS(C)(=O)=O.I. The van der Waals surface area contributed by atoms with Gasteiger partial charge in [0, 0.05) is 26.4 Å². The van der Waals surface area contributed by atoms with E-state index in [1.54, 1.807) is 7.05 Å². The number of guanidine groups is 1. The van der Waals surface area contributed by atoms with Crippen LogP contribution < -0.4 is 10.6 Å². The molecule has 0 bridgehead atoms. The molecular weight excluding hydrogens is 528 g/mol. The molecule has 5 nitrogen and oxygen atoms in total. The summed E-state index contributed by atoms with van der Waals surface area (Å²) in [5.74, 6) is 0.0579. The number of benzene rings is 2. The van der Waals surface area contributed by atoms with Crippen LogP contribution in [0.15, 0.2) is 47.5 Å². The lowest BCUT2D eigenvalue weighted by molar-refractivity contribution is 0.590. The van der Waals surface area contributed by atoms with E-state index < -0.39 is 15.7 Å². The molecule has 0 heterocycles. The van der Waals surface area contributed by atoms with Gasteiger partial charge in [-0.15, -0.1) is 24.0 Å². The number of nitrogens with one attached hydrogen (secondary N) is 2. The summed E-state index contributed by atoms with van der Waals surface area (Å²) in [6.45, 7) is 7.55. The van der Waals surface area contributed by atoms with Gasteiger partial charge in [0.05, 0.1) is 5.75 Å². The molecule has 0 fully saturated rings. The number of sulfone groups is 1. The first-order valence-corrected chi connectivity index (χ1v) is 12.0. The molecule has 31 heavy (non-hydrogen) atoms. The molecule has 0 aliphatic heterocycles. The number of aliphatic imine (C=N–C) groups is 1. The van der Waals surface area contributed by atoms with Gasteiger partial charge in [-0.05, 0) is 46.2 Å². The van der Waals surface area contributed by atoms with Gasteiger partial charge in [-0.25, -0.2) is 12.8 Å². The fourth-order valence-corrected chi connectivity index (χ4v) is 3.93. The Balaban J connectivity index is 0.00000480. The zero-order chi connectivity index (χ0) is 22.4. The summed E-state index contributed by atoms with van der Waals surface area (Å²) in [5, 5.41) is 6.37. The third-order valence-electron chi connectivity index (χ3n) is 4.78. The number of rotatable bonds is 7. The highest BCUT2D eigenvalue weighted by Gasteiger charge is 2.13. The van der Waals surface area contributed by atoms with Crippen LogP contribution in [0.1, 0.15) is 43.0 Å². The van der Waals surface area contributed by atoms with Gasteiger partial charge >= 0.3 is 0 Å². The van der Waals surface area contributed by atoms with Gasteiger partial charge in [0.2, 0.25) is 0 Å².